The number of aromatic nitrogens is 1. The molecule has 1 atom stereocenters. The van der Waals surface area contributed by atoms with Crippen LogP contribution in [-0.4, -0.2) is 43.1 Å². The van der Waals surface area contributed by atoms with Crippen LogP contribution in [0.25, 0.3) is 5.57 Å². The highest BCUT2D eigenvalue weighted by Crippen LogP contribution is 2.35. The number of ether oxygens (including phenoxy) is 2. The monoisotopic (exact) mass is 670 g/mol. The number of thiazole rings is 1. The van der Waals surface area contributed by atoms with Crippen molar-refractivity contribution in [1.82, 2.24) is 4.98 Å². The van der Waals surface area contributed by atoms with Gasteiger partial charge in [-0.05, 0) is 73.6 Å². The van der Waals surface area contributed by atoms with Crippen molar-refractivity contribution in [2.45, 2.75) is 54.8 Å². The zero-order valence-electron chi connectivity index (χ0n) is 25.5. The highest BCUT2D eigenvalue weighted by Gasteiger charge is 2.37. The van der Waals surface area contributed by atoms with E-state index >= 15 is 0 Å². The SMILES string of the molecule is O=C(Nc1nc([C@H](COC(=O)c2ccccc2)OC(=O)c2ccccc2)cs1)C(=CC1CCCC1)c1ccc(S(=O)(=O)C2CC2)cc1. The number of esters is 2. The number of rotatable bonds is 12. The van der Waals surface area contributed by atoms with Crippen LogP contribution in [-0.2, 0) is 24.1 Å². The van der Waals surface area contributed by atoms with Gasteiger partial charge in [-0.15, -0.1) is 11.3 Å². The first kappa shape index (κ1) is 32.3. The Morgan fingerprint density at radius 3 is 2.06 bits per heavy atom. The Balaban J connectivity index is 1.21. The number of allylic oxidation sites excluding steroid dienone is 1. The quantitative estimate of drug-likeness (QED) is 0.126. The van der Waals surface area contributed by atoms with Gasteiger partial charge in [0.2, 0.25) is 0 Å². The predicted octanol–water partition coefficient (Wildman–Crippen LogP) is 7.05. The Morgan fingerprint density at radius 1 is 0.830 bits per heavy atom. The number of carbonyl (C=O) groups is 3. The number of carbonyl (C=O) groups excluding carboxylic acids is 3. The summed E-state index contributed by atoms with van der Waals surface area (Å²) in [7, 11) is -3.35. The largest absolute Gasteiger partial charge is 0.458 e. The molecule has 2 fully saturated rings. The summed E-state index contributed by atoms with van der Waals surface area (Å²) in [6.07, 6.45) is 6.41. The fourth-order valence-electron chi connectivity index (χ4n) is 5.47. The van der Waals surface area contributed by atoms with Gasteiger partial charge in [0.1, 0.15) is 6.61 Å². The average molecular weight is 671 g/mol. The van der Waals surface area contributed by atoms with Gasteiger partial charge in [0.05, 0.1) is 27.0 Å². The summed E-state index contributed by atoms with van der Waals surface area (Å²) in [6.45, 7) is -0.285. The molecule has 0 spiro atoms. The maximum atomic E-state index is 13.7. The van der Waals surface area contributed by atoms with Crippen LogP contribution in [0.3, 0.4) is 0 Å². The molecule has 1 aromatic heterocycles. The number of nitrogens with one attached hydrogen (secondary N) is 1. The van der Waals surface area contributed by atoms with Crippen LogP contribution in [0.1, 0.15) is 76.6 Å². The molecule has 1 N–H and O–H groups in total. The molecule has 242 valence electrons. The molecule has 6 rings (SSSR count). The first-order valence-corrected chi connectivity index (χ1v) is 18.0. The van der Waals surface area contributed by atoms with Gasteiger partial charge in [-0.25, -0.2) is 23.0 Å². The van der Waals surface area contributed by atoms with E-state index in [4.69, 9.17) is 9.47 Å². The van der Waals surface area contributed by atoms with Crippen LogP contribution < -0.4 is 5.32 Å². The standard InChI is InChI=1S/C36H34N2O7S2/c39-33(30(21-24-9-7-8-10-24)25-15-17-28(18-16-25)47(42,43)29-19-20-29)38-36-37-31(23-46-36)32(45-35(41)27-13-5-2-6-14-27)22-44-34(40)26-11-3-1-4-12-26/h1-6,11-18,21,23-24,29,32H,7-10,19-20,22H2,(H,37,38,39)/t32-/m0/s1. The smallest absolute Gasteiger partial charge is 0.338 e. The molecule has 2 aliphatic carbocycles. The van der Waals surface area contributed by atoms with Crippen molar-refractivity contribution in [3.05, 3.63) is 119 Å². The van der Waals surface area contributed by atoms with Gasteiger partial charge in [0.25, 0.3) is 5.91 Å². The fourth-order valence-corrected chi connectivity index (χ4v) is 7.88. The second-order valence-corrected chi connectivity index (χ2v) is 14.7. The number of anilines is 1. The molecule has 1 heterocycles. The van der Waals surface area contributed by atoms with E-state index in [9.17, 15) is 22.8 Å². The van der Waals surface area contributed by atoms with Crippen LogP contribution in [0.15, 0.2) is 101 Å². The summed E-state index contributed by atoms with van der Waals surface area (Å²) in [5.74, 6) is -1.34. The Bertz CT molecular complexity index is 1860. The summed E-state index contributed by atoms with van der Waals surface area (Å²) in [5, 5.41) is 4.47. The van der Waals surface area contributed by atoms with Gasteiger partial charge >= 0.3 is 11.9 Å². The molecule has 2 saturated carbocycles. The Morgan fingerprint density at radius 2 is 1.45 bits per heavy atom. The molecule has 1 amide bonds. The number of hydrogen-bond donors (Lipinski definition) is 1. The zero-order valence-corrected chi connectivity index (χ0v) is 27.2. The summed E-state index contributed by atoms with van der Waals surface area (Å²) in [5.41, 5.74) is 2.04. The van der Waals surface area contributed by atoms with Crippen molar-refractivity contribution in [2.24, 2.45) is 5.92 Å². The van der Waals surface area contributed by atoms with Gasteiger partial charge < -0.3 is 9.47 Å². The summed E-state index contributed by atoms with van der Waals surface area (Å²) < 4.78 is 36.7. The molecule has 0 unspecified atom stereocenters. The lowest BCUT2D eigenvalue weighted by Crippen LogP contribution is -2.20. The Labute approximate surface area is 277 Å². The van der Waals surface area contributed by atoms with E-state index in [2.05, 4.69) is 10.3 Å². The third kappa shape index (κ3) is 8.04. The predicted molar refractivity (Wildman–Crippen MR) is 179 cm³/mol. The molecule has 47 heavy (non-hydrogen) atoms. The maximum absolute atomic E-state index is 13.7. The lowest BCUT2D eigenvalue weighted by Gasteiger charge is -2.16. The number of benzene rings is 3. The Hall–Kier alpha value is -4.61. The fraction of sp³-hybridized carbons (Fsp3) is 0.278. The lowest BCUT2D eigenvalue weighted by molar-refractivity contribution is -0.111. The van der Waals surface area contributed by atoms with Crippen molar-refractivity contribution in [3.8, 4) is 0 Å². The van der Waals surface area contributed by atoms with E-state index in [1.165, 1.54) is 0 Å². The van der Waals surface area contributed by atoms with Gasteiger partial charge in [0, 0.05) is 11.0 Å². The molecule has 3 aromatic carbocycles. The number of hydrogen-bond acceptors (Lipinski definition) is 9. The molecule has 0 saturated heterocycles. The van der Waals surface area contributed by atoms with Gasteiger partial charge in [-0.1, -0.05) is 67.4 Å². The van der Waals surface area contributed by atoms with Crippen molar-refractivity contribution in [1.29, 1.82) is 0 Å². The van der Waals surface area contributed by atoms with E-state index in [-0.39, 0.29) is 33.7 Å². The zero-order chi connectivity index (χ0) is 32.8. The molecule has 9 nitrogen and oxygen atoms in total. The highest BCUT2D eigenvalue weighted by molar-refractivity contribution is 7.92. The topological polar surface area (TPSA) is 129 Å². The molecule has 2 aliphatic rings. The van der Waals surface area contributed by atoms with E-state index < -0.39 is 27.9 Å². The third-order valence-corrected chi connectivity index (χ3v) is 11.3. The summed E-state index contributed by atoms with van der Waals surface area (Å²) in [6, 6.07) is 23.4. The number of amides is 1. The molecular weight excluding hydrogens is 637 g/mol. The lowest BCUT2D eigenvalue weighted by atomic mass is 9.98. The molecule has 0 aliphatic heterocycles. The van der Waals surface area contributed by atoms with Crippen molar-refractivity contribution in [2.75, 3.05) is 11.9 Å². The highest BCUT2D eigenvalue weighted by atomic mass is 32.2. The minimum absolute atomic E-state index is 0.235. The van der Waals surface area contributed by atoms with Crippen LogP contribution in [0.2, 0.25) is 0 Å². The molecule has 0 bridgehead atoms. The van der Waals surface area contributed by atoms with Crippen LogP contribution in [0.4, 0.5) is 5.13 Å². The van der Waals surface area contributed by atoms with Crippen molar-refractivity contribution in [3.63, 3.8) is 0 Å². The average Bonchev–Trinajstić information content (AvgIpc) is 3.66. The first-order chi connectivity index (χ1) is 22.8. The van der Waals surface area contributed by atoms with E-state index in [0.29, 0.717) is 40.8 Å². The van der Waals surface area contributed by atoms with E-state index in [1.807, 2.05) is 6.08 Å². The van der Waals surface area contributed by atoms with Crippen LogP contribution in [0, 0.1) is 5.92 Å². The maximum Gasteiger partial charge on any atom is 0.338 e. The van der Waals surface area contributed by atoms with E-state index in [1.54, 1.807) is 90.3 Å². The van der Waals surface area contributed by atoms with Crippen molar-refractivity contribution < 1.29 is 32.3 Å². The Kier molecular flexibility index (Phi) is 9.93. The number of nitrogens with zero attached hydrogens (tertiary/aromatic N) is 1. The second-order valence-electron chi connectivity index (χ2n) is 11.6. The number of sulfone groups is 1. The van der Waals surface area contributed by atoms with Crippen LogP contribution in [0.5, 0.6) is 0 Å². The van der Waals surface area contributed by atoms with Gasteiger partial charge in [-0.3, -0.25) is 10.1 Å². The van der Waals surface area contributed by atoms with Crippen molar-refractivity contribution >= 4 is 49.7 Å². The second kappa shape index (κ2) is 14.4. The van der Waals surface area contributed by atoms with E-state index in [0.717, 1.165) is 37.0 Å². The summed E-state index contributed by atoms with van der Waals surface area (Å²) >= 11 is 1.15. The molecule has 11 heteroatoms. The normalized spacial score (nSPS) is 16.0. The minimum Gasteiger partial charge on any atom is -0.458 e. The summed E-state index contributed by atoms with van der Waals surface area (Å²) in [4.78, 5) is 44.2. The molecular formula is C36H34N2O7S2. The molecule has 0 radical (unpaired) electrons. The molecule has 4 aromatic rings. The van der Waals surface area contributed by atoms with Gasteiger partial charge in [0.15, 0.2) is 21.1 Å². The van der Waals surface area contributed by atoms with Crippen LogP contribution >= 0.6 is 11.3 Å². The van der Waals surface area contributed by atoms with Gasteiger partial charge in [-0.2, -0.15) is 0 Å². The first-order valence-electron chi connectivity index (χ1n) is 15.6. The third-order valence-electron chi connectivity index (χ3n) is 8.21. The minimum atomic E-state index is -3.35.